The molecular formula is C37H66O7. The van der Waals surface area contributed by atoms with Gasteiger partial charge in [0.25, 0.3) is 0 Å². The molecule has 0 bridgehead atoms. The van der Waals surface area contributed by atoms with E-state index in [1.54, 1.807) is 0 Å². The summed E-state index contributed by atoms with van der Waals surface area (Å²) in [7, 11) is 0. The summed E-state index contributed by atoms with van der Waals surface area (Å²) in [6.45, 7) is 3.79. The van der Waals surface area contributed by atoms with Crippen molar-refractivity contribution in [1.82, 2.24) is 0 Å². The summed E-state index contributed by atoms with van der Waals surface area (Å²) in [6.07, 6.45) is 26.0. The van der Waals surface area contributed by atoms with Crippen molar-refractivity contribution >= 4 is 11.8 Å². The molecule has 3 aliphatic heterocycles. The van der Waals surface area contributed by atoms with Crippen molar-refractivity contribution < 1.29 is 34.0 Å². The lowest BCUT2D eigenvalue weighted by atomic mass is 9.96. The summed E-state index contributed by atoms with van der Waals surface area (Å²) in [5, 5.41) is 21.4. The zero-order valence-electron chi connectivity index (χ0n) is 28.2. The minimum Gasteiger partial charge on any atom is -0.462 e. The molecule has 256 valence electrons. The van der Waals surface area contributed by atoms with Crippen LogP contribution in [0.15, 0.2) is 0 Å². The summed E-state index contributed by atoms with van der Waals surface area (Å²) in [5.41, 5.74) is 0. The van der Waals surface area contributed by atoms with Gasteiger partial charge in [0, 0.05) is 6.42 Å². The number of Topliss-reactive ketones (excluding diaryl/α,β-unsaturated/α-hetero) is 1. The molecule has 0 aliphatic carbocycles. The number of aliphatic hydroxyl groups excluding tert-OH is 2. The Hall–Kier alpha value is -1.02. The fourth-order valence-electron chi connectivity index (χ4n) is 7.55. The van der Waals surface area contributed by atoms with Crippen LogP contribution in [0, 0.1) is 5.92 Å². The zero-order chi connectivity index (χ0) is 31.6. The number of carbonyl (C=O) groups is 2. The standard InChI is InChI=1S/C37H66O7/c1-3-4-5-6-7-11-14-17-20-31(39)33-22-24-35(43-33)36-25-23-34(44-36)32(40)21-18-15-12-9-8-10-13-16-19-30-27-29(26-28(2)38)37(41)42-30/h29-36,39-40H,3-27H2,1-2H3/t29-,30-,31+,32-,33-,34-,35?,36-/m1/s1. The molecule has 44 heavy (non-hydrogen) atoms. The molecule has 0 amide bonds. The number of rotatable bonds is 25. The molecule has 2 N–H and O–H groups in total. The topological polar surface area (TPSA) is 102 Å². The van der Waals surface area contributed by atoms with Crippen LogP contribution in [0.4, 0.5) is 0 Å². The van der Waals surface area contributed by atoms with Crippen LogP contribution in [0.3, 0.4) is 0 Å². The van der Waals surface area contributed by atoms with Crippen molar-refractivity contribution in [2.75, 3.05) is 0 Å². The third-order valence-corrected chi connectivity index (χ3v) is 10.3. The van der Waals surface area contributed by atoms with Gasteiger partial charge in [0.2, 0.25) is 0 Å². The molecule has 3 fully saturated rings. The normalized spacial score (nSPS) is 28.4. The lowest BCUT2D eigenvalue weighted by Gasteiger charge is -2.24. The SMILES string of the molecule is CCCCCCCCCC[C@H](O)[C@H]1CCC([C@H]2CC[C@H]([C@H](O)CCCCCCCCCC[C@@H]3C[C@@H](CC(C)=O)C(=O)O3)O2)O1. The highest BCUT2D eigenvalue weighted by Gasteiger charge is 2.40. The smallest absolute Gasteiger partial charge is 0.309 e. The number of esters is 1. The number of cyclic esters (lactones) is 1. The summed E-state index contributed by atoms with van der Waals surface area (Å²) in [5.74, 6) is -0.348. The number of aliphatic hydroxyl groups is 2. The summed E-state index contributed by atoms with van der Waals surface area (Å²) >= 11 is 0. The predicted molar refractivity (Wildman–Crippen MR) is 174 cm³/mol. The average Bonchev–Trinajstić information content (AvgIpc) is 3.75. The molecule has 0 aromatic heterocycles. The van der Waals surface area contributed by atoms with Gasteiger partial charge in [0.1, 0.15) is 11.9 Å². The van der Waals surface area contributed by atoms with E-state index in [0.717, 1.165) is 77.0 Å². The molecule has 0 aromatic carbocycles. The number of hydrogen-bond acceptors (Lipinski definition) is 7. The van der Waals surface area contributed by atoms with Crippen molar-refractivity contribution in [2.24, 2.45) is 5.92 Å². The van der Waals surface area contributed by atoms with Crippen LogP contribution >= 0.6 is 0 Å². The van der Waals surface area contributed by atoms with E-state index < -0.39 is 6.10 Å². The Morgan fingerprint density at radius 2 is 1.16 bits per heavy atom. The number of carbonyl (C=O) groups excluding carboxylic acids is 2. The highest BCUT2D eigenvalue weighted by atomic mass is 16.6. The molecule has 0 spiro atoms. The number of unbranched alkanes of at least 4 members (excludes halogenated alkanes) is 14. The van der Waals surface area contributed by atoms with E-state index in [1.165, 1.54) is 77.6 Å². The molecule has 0 aromatic rings. The number of ether oxygens (including phenoxy) is 3. The fourth-order valence-corrected chi connectivity index (χ4v) is 7.55. The van der Waals surface area contributed by atoms with Gasteiger partial charge in [-0.2, -0.15) is 0 Å². The number of ketones is 1. The maximum atomic E-state index is 11.9. The summed E-state index contributed by atoms with van der Waals surface area (Å²) in [4.78, 5) is 23.1. The minimum absolute atomic E-state index is 0.00211. The molecule has 3 aliphatic rings. The van der Waals surface area contributed by atoms with Crippen LogP contribution in [0.25, 0.3) is 0 Å². The first-order chi connectivity index (χ1) is 21.4. The molecule has 8 atom stereocenters. The second-order valence-corrected chi connectivity index (χ2v) is 14.3. The van der Waals surface area contributed by atoms with Crippen molar-refractivity contribution in [1.29, 1.82) is 0 Å². The van der Waals surface area contributed by atoms with Crippen molar-refractivity contribution in [3.8, 4) is 0 Å². The van der Waals surface area contributed by atoms with E-state index in [1.807, 2.05) is 0 Å². The van der Waals surface area contributed by atoms with Crippen LogP contribution < -0.4 is 0 Å². The molecule has 1 unspecified atom stereocenters. The monoisotopic (exact) mass is 622 g/mol. The largest absolute Gasteiger partial charge is 0.462 e. The van der Waals surface area contributed by atoms with Crippen LogP contribution in [-0.4, -0.2) is 64.7 Å². The second kappa shape index (κ2) is 21.7. The van der Waals surface area contributed by atoms with Gasteiger partial charge < -0.3 is 29.2 Å². The average molecular weight is 623 g/mol. The van der Waals surface area contributed by atoms with E-state index in [2.05, 4.69) is 6.92 Å². The lowest BCUT2D eigenvalue weighted by molar-refractivity contribution is -0.145. The Kier molecular flexibility index (Phi) is 18.5. The van der Waals surface area contributed by atoms with Gasteiger partial charge in [-0.1, -0.05) is 103 Å². The van der Waals surface area contributed by atoms with Crippen LogP contribution in [0.1, 0.15) is 174 Å². The van der Waals surface area contributed by atoms with Crippen LogP contribution in [0.5, 0.6) is 0 Å². The maximum Gasteiger partial charge on any atom is 0.309 e. The van der Waals surface area contributed by atoms with Crippen molar-refractivity contribution in [2.45, 2.75) is 217 Å². The minimum atomic E-state index is -0.399. The Balaban J connectivity index is 1.13. The highest BCUT2D eigenvalue weighted by Crippen LogP contribution is 2.35. The van der Waals surface area contributed by atoms with Crippen LogP contribution in [0.2, 0.25) is 0 Å². The third-order valence-electron chi connectivity index (χ3n) is 10.3. The van der Waals surface area contributed by atoms with Crippen molar-refractivity contribution in [3.05, 3.63) is 0 Å². The van der Waals surface area contributed by atoms with Gasteiger partial charge in [-0.3, -0.25) is 4.79 Å². The molecule has 3 saturated heterocycles. The van der Waals surface area contributed by atoms with E-state index >= 15 is 0 Å². The van der Waals surface area contributed by atoms with Crippen LogP contribution in [-0.2, 0) is 23.8 Å². The van der Waals surface area contributed by atoms with Gasteiger partial charge in [-0.15, -0.1) is 0 Å². The maximum absolute atomic E-state index is 11.9. The van der Waals surface area contributed by atoms with E-state index in [-0.39, 0.29) is 54.3 Å². The van der Waals surface area contributed by atoms with Gasteiger partial charge in [0.05, 0.1) is 42.5 Å². The Bertz CT molecular complexity index is 788. The van der Waals surface area contributed by atoms with Gasteiger partial charge in [-0.25, -0.2) is 0 Å². The van der Waals surface area contributed by atoms with Gasteiger partial charge in [-0.05, 0) is 64.7 Å². The lowest BCUT2D eigenvalue weighted by Crippen LogP contribution is -2.33. The first-order valence-electron chi connectivity index (χ1n) is 18.7. The molecule has 0 saturated carbocycles. The summed E-state index contributed by atoms with van der Waals surface area (Å²) < 4.78 is 18.0. The predicted octanol–water partition coefficient (Wildman–Crippen LogP) is 8.15. The number of hydrogen-bond donors (Lipinski definition) is 2. The van der Waals surface area contributed by atoms with E-state index in [4.69, 9.17) is 14.2 Å². The quantitative estimate of drug-likeness (QED) is 0.0782. The Morgan fingerprint density at radius 1 is 0.705 bits per heavy atom. The Labute approximate surface area is 268 Å². The molecule has 7 nitrogen and oxygen atoms in total. The highest BCUT2D eigenvalue weighted by molar-refractivity contribution is 5.83. The first-order valence-corrected chi connectivity index (χ1v) is 18.7. The van der Waals surface area contributed by atoms with E-state index in [9.17, 15) is 19.8 Å². The van der Waals surface area contributed by atoms with Gasteiger partial charge >= 0.3 is 5.97 Å². The Morgan fingerprint density at radius 3 is 1.64 bits per heavy atom. The first kappa shape index (κ1) is 37.4. The second-order valence-electron chi connectivity index (χ2n) is 14.3. The summed E-state index contributed by atoms with van der Waals surface area (Å²) in [6, 6.07) is 0. The molecular weight excluding hydrogens is 556 g/mol. The third kappa shape index (κ3) is 14.2. The molecule has 0 radical (unpaired) electrons. The fraction of sp³-hybridized carbons (Fsp3) is 0.946. The van der Waals surface area contributed by atoms with E-state index in [0.29, 0.717) is 12.8 Å². The zero-order valence-corrected chi connectivity index (χ0v) is 28.2. The molecule has 3 heterocycles. The van der Waals surface area contributed by atoms with Crippen molar-refractivity contribution in [3.63, 3.8) is 0 Å². The molecule has 3 rings (SSSR count). The van der Waals surface area contributed by atoms with Gasteiger partial charge in [0.15, 0.2) is 0 Å². The molecule has 7 heteroatoms.